The molecule has 15 heavy (non-hydrogen) atoms. The summed E-state index contributed by atoms with van der Waals surface area (Å²) >= 11 is 5.68. The highest BCUT2D eigenvalue weighted by atomic mass is 35.5. The van der Waals surface area contributed by atoms with E-state index in [-0.39, 0.29) is 5.02 Å². The first-order valence-corrected chi connectivity index (χ1v) is 5.09. The zero-order valence-electron chi connectivity index (χ0n) is 8.22. The van der Waals surface area contributed by atoms with Crippen molar-refractivity contribution < 1.29 is 4.39 Å². The molecule has 0 atom stereocenters. The van der Waals surface area contributed by atoms with Crippen LogP contribution in [-0.4, -0.2) is 11.5 Å². The molecule has 0 spiro atoms. The van der Waals surface area contributed by atoms with Crippen LogP contribution < -0.4 is 5.32 Å². The summed E-state index contributed by atoms with van der Waals surface area (Å²) in [7, 11) is 0. The van der Waals surface area contributed by atoms with E-state index in [1.807, 2.05) is 19.1 Å². The van der Waals surface area contributed by atoms with E-state index in [1.54, 1.807) is 6.07 Å². The molecule has 1 N–H and O–H groups in total. The summed E-state index contributed by atoms with van der Waals surface area (Å²) < 4.78 is 13.6. The lowest BCUT2D eigenvalue weighted by Gasteiger charge is -2.05. The fourth-order valence-electron chi connectivity index (χ4n) is 1.41. The van der Waals surface area contributed by atoms with Gasteiger partial charge in [-0.25, -0.2) is 9.37 Å². The van der Waals surface area contributed by atoms with Crippen molar-refractivity contribution in [3.8, 4) is 0 Å². The average molecular weight is 225 g/mol. The molecule has 0 aliphatic carbocycles. The lowest BCUT2D eigenvalue weighted by Crippen LogP contribution is -1.99. The molecule has 2 nitrogen and oxygen atoms in total. The largest absolute Gasteiger partial charge is 0.370 e. The Kier molecular flexibility index (Phi) is 2.73. The number of hydrogen-bond donors (Lipinski definition) is 1. The fraction of sp³-hybridized carbons (Fsp3) is 0.182. The standard InChI is InChI=1S/C11H10ClFN2/c1-2-14-9-6-4-7-3-5-8(12)10(13)11(7)15-9/h3-6H,2H2,1H3,(H,14,15). The Balaban J connectivity index is 2.63. The van der Waals surface area contributed by atoms with Gasteiger partial charge in [0.2, 0.25) is 0 Å². The molecule has 2 rings (SSSR count). The molecule has 0 aliphatic rings. The van der Waals surface area contributed by atoms with Crippen LogP contribution in [-0.2, 0) is 0 Å². The Morgan fingerprint density at radius 2 is 2.07 bits per heavy atom. The molecule has 0 aliphatic heterocycles. The van der Waals surface area contributed by atoms with Gasteiger partial charge in [0.15, 0.2) is 5.82 Å². The second-order valence-corrected chi connectivity index (χ2v) is 3.57. The van der Waals surface area contributed by atoms with E-state index in [9.17, 15) is 4.39 Å². The Morgan fingerprint density at radius 1 is 1.33 bits per heavy atom. The van der Waals surface area contributed by atoms with E-state index < -0.39 is 5.82 Å². The first-order chi connectivity index (χ1) is 7.22. The maximum atomic E-state index is 13.6. The van der Waals surface area contributed by atoms with Gasteiger partial charge in [0.05, 0.1) is 5.02 Å². The molecule has 1 aromatic carbocycles. The number of benzene rings is 1. The number of nitrogens with zero attached hydrogens (tertiary/aromatic N) is 1. The Hall–Kier alpha value is -1.35. The van der Waals surface area contributed by atoms with E-state index in [0.29, 0.717) is 11.3 Å². The number of nitrogens with one attached hydrogen (secondary N) is 1. The van der Waals surface area contributed by atoms with Crippen LogP contribution >= 0.6 is 11.6 Å². The van der Waals surface area contributed by atoms with Crippen LogP contribution in [0.15, 0.2) is 24.3 Å². The summed E-state index contributed by atoms with van der Waals surface area (Å²) in [5.41, 5.74) is 0.306. The van der Waals surface area contributed by atoms with Gasteiger partial charge in [-0.3, -0.25) is 0 Å². The molecular weight excluding hydrogens is 215 g/mol. The first kappa shape index (κ1) is 10.2. The van der Waals surface area contributed by atoms with E-state index in [2.05, 4.69) is 10.3 Å². The lowest BCUT2D eigenvalue weighted by molar-refractivity contribution is 0.637. The minimum Gasteiger partial charge on any atom is -0.370 e. The molecule has 4 heteroatoms. The van der Waals surface area contributed by atoms with Crippen molar-refractivity contribution in [2.24, 2.45) is 0 Å². The van der Waals surface area contributed by atoms with Crippen LogP contribution in [0.25, 0.3) is 10.9 Å². The molecule has 0 saturated heterocycles. The van der Waals surface area contributed by atoms with Gasteiger partial charge in [0.25, 0.3) is 0 Å². The predicted octanol–water partition coefficient (Wildman–Crippen LogP) is 3.46. The van der Waals surface area contributed by atoms with Crippen LogP contribution in [0.5, 0.6) is 0 Å². The van der Waals surface area contributed by atoms with Crippen LogP contribution in [0, 0.1) is 5.82 Å². The van der Waals surface area contributed by atoms with Crippen molar-refractivity contribution in [1.82, 2.24) is 4.98 Å². The topological polar surface area (TPSA) is 24.9 Å². The van der Waals surface area contributed by atoms with Crippen LogP contribution in [0.4, 0.5) is 10.2 Å². The van der Waals surface area contributed by atoms with Crippen LogP contribution in [0.2, 0.25) is 5.02 Å². The molecule has 0 unspecified atom stereocenters. The summed E-state index contributed by atoms with van der Waals surface area (Å²) in [6.45, 7) is 2.71. The van der Waals surface area contributed by atoms with Gasteiger partial charge in [-0.05, 0) is 25.1 Å². The first-order valence-electron chi connectivity index (χ1n) is 4.71. The lowest BCUT2D eigenvalue weighted by atomic mass is 10.2. The number of halogens is 2. The van der Waals surface area contributed by atoms with Crippen LogP contribution in [0.1, 0.15) is 6.92 Å². The molecule has 0 fully saturated rings. The van der Waals surface area contributed by atoms with Gasteiger partial charge < -0.3 is 5.32 Å². The van der Waals surface area contributed by atoms with E-state index in [1.165, 1.54) is 6.07 Å². The Bertz CT molecular complexity index is 499. The summed E-state index contributed by atoms with van der Waals surface area (Å²) in [5, 5.41) is 3.87. The van der Waals surface area contributed by atoms with Gasteiger partial charge in [-0.2, -0.15) is 0 Å². The molecule has 0 radical (unpaired) electrons. The van der Waals surface area contributed by atoms with E-state index in [4.69, 9.17) is 11.6 Å². The molecule has 1 aromatic heterocycles. The van der Waals surface area contributed by atoms with Crippen molar-refractivity contribution in [3.63, 3.8) is 0 Å². The van der Waals surface area contributed by atoms with Crippen molar-refractivity contribution in [2.45, 2.75) is 6.92 Å². The second kappa shape index (κ2) is 4.03. The number of pyridine rings is 1. The summed E-state index contributed by atoms with van der Waals surface area (Å²) in [6.07, 6.45) is 0. The average Bonchev–Trinajstić information content (AvgIpc) is 2.25. The van der Waals surface area contributed by atoms with Gasteiger partial charge >= 0.3 is 0 Å². The minimum atomic E-state index is -0.464. The third kappa shape index (κ3) is 1.88. The van der Waals surface area contributed by atoms with Crippen molar-refractivity contribution >= 4 is 28.3 Å². The predicted molar refractivity (Wildman–Crippen MR) is 60.9 cm³/mol. The SMILES string of the molecule is CCNc1ccc2ccc(Cl)c(F)c2n1. The Morgan fingerprint density at radius 3 is 2.80 bits per heavy atom. The quantitative estimate of drug-likeness (QED) is 0.845. The van der Waals surface area contributed by atoms with E-state index in [0.717, 1.165) is 11.9 Å². The third-order valence-corrected chi connectivity index (χ3v) is 2.40. The fourth-order valence-corrected chi connectivity index (χ4v) is 1.56. The van der Waals surface area contributed by atoms with Crippen LogP contribution in [0.3, 0.4) is 0 Å². The third-order valence-electron chi connectivity index (χ3n) is 2.11. The number of anilines is 1. The number of fused-ring (bicyclic) bond motifs is 1. The van der Waals surface area contributed by atoms with Crippen molar-refractivity contribution in [2.75, 3.05) is 11.9 Å². The van der Waals surface area contributed by atoms with Gasteiger partial charge in [0, 0.05) is 11.9 Å². The molecule has 0 bridgehead atoms. The molecule has 0 saturated carbocycles. The maximum absolute atomic E-state index is 13.6. The molecule has 0 amide bonds. The maximum Gasteiger partial charge on any atom is 0.168 e. The molecule has 2 aromatic rings. The van der Waals surface area contributed by atoms with Crippen molar-refractivity contribution in [3.05, 3.63) is 35.1 Å². The Labute approximate surface area is 92.1 Å². The molecular formula is C11H10ClFN2. The number of aromatic nitrogens is 1. The summed E-state index contributed by atoms with van der Waals surface area (Å²) in [6, 6.07) is 6.93. The van der Waals surface area contributed by atoms with E-state index >= 15 is 0 Å². The summed E-state index contributed by atoms with van der Waals surface area (Å²) in [4.78, 5) is 4.15. The van der Waals surface area contributed by atoms with Gasteiger partial charge in [-0.15, -0.1) is 0 Å². The zero-order valence-corrected chi connectivity index (χ0v) is 8.98. The number of rotatable bonds is 2. The second-order valence-electron chi connectivity index (χ2n) is 3.16. The monoisotopic (exact) mass is 224 g/mol. The molecule has 1 heterocycles. The normalized spacial score (nSPS) is 10.6. The summed E-state index contributed by atoms with van der Waals surface area (Å²) in [5.74, 6) is 0.195. The zero-order chi connectivity index (χ0) is 10.8. The van der Waals surface area contributed by atoms with Gasteiger partial charge in [0.1, 0.15) is 11.3 Å². The highest BCUT2D eigenvalue weighted by Gasteiger charge is 2.07. The van der Waals surface area contributed by atoms with Gasteiger partial charge in [-0.1, -0.05) is 17.7 Å². The highest BCUT2D eigenvalue weighted by molar-refractivity contribution is 6.31. The number of hydrogen-bond acceptors (Lipinski definition) is 2. The smallest absolute Gasteiger partial charge is 0.168 e. The van der Waals surface area contributed by atoms with Crippen molar-refractivity contribution in [1.29, 1.82) is 0 Å². The highest BCUT2D eigenvalue weighted by Crippen LogP contribution is 2.24. The minimum absolute atomic E-state index is 0.101. The molecule has 78 valence electrons.